The maximum atomic E-state index is 9.67. The Morgan fingerprint density at radius 2 is 1.47 bits per heavy atom. The Labute approximate surface area is 90.0 Å². The summed E-state index contributed by atoms with van der Waals surface area (Å²) in [6.07, 6.45) is 0. The summed E-state index contributed by atoms with van der Waals surface area (Å²) in [5, 5.41) is 9.67. The Morgan fingerprint density at radius 3 is 2.00 bits per heavy atom. The van der Waals surface area contributed by atoms with Crippen LogP contribution >= 0.6 is 0 Å². The highest BCUT2D eigenvalue weighted by Gasteiger charge is 2.04. The molecule has 0 unspecified atom stereocenters. The van der Waals surface area contributed by atoms with Gasteiger partial charge in [0.15, 0.2) is 0 Å². The van der Waals surface area contributed by atoms with Crippen molar-refractivity contribution in [1.82, 2.24) is 0 Å². The monoisotopic (exact) mass is 197 g/mol. The van der Waals surface area contributed by atoms with Crippen molar-refractivity contribution < 1.29 is 5.11 Å². The van der Waals surface area contributed by atoms with Gasteiger partial charge in [0.25, 0.3) is 0 Å². The third-order valence-electron chi connectivity index (χ3n) is 2.54. The van der Waals surface area contributed by atoms with Crippen LogP contribution in [0.5, 0.6) is 5.75 Å². The highest BCUT2D eigenvalue weighted by Crippen LogP contribution is 2.28. The van der Waals surface area contributed by atoms with E-state index in [2.05, 4.69) is 6.07 Å². The summed E-state index contributed by atoms with van der Waals surface area (Å²) >= 11 is 0. The molecule has 0 spiro atoms. The van der Waals surface area contributed by atoms with Crippen molar-refractivity contribution in [1.29, 1.82) is 0 Å². The molecule has 2 aromatic rings. The van der Waals surface area contributed by atoms with E-state index in [1.165, 1.54) is 0 Å². The minimum atomic E-state index is 0.390. The molecule has 0 heterocycles. The maximum absolute atomic E-state index is 9.67. The third kappa shape index (κ3) is 1.86. The fourth-order valence-electron chi connectivity index (χ4n) is 1.70. The highest BCUT2D eigenvalue weighted by molar-refractivity contribution is 5.66. The van der Waals surface area contributed by atoms with Gasteiger partial charge < -0.3 is 5.11 Å². The molecule has 0 aromatic heterocycles. The molecule has 0 amide bonds. The van der Waals surface area contributed by atoms with Crippen LogP contribution in [0.15, 0.2) is 36.4 Å². The van der Waals surface area contributed by atoms with E-state index in [1.54, 1.807) is 0 Å². The average molecular weight is 197 g/mol. The van der Waals surface area contributed by atoms with Gasteiger partial charge in [0.2, 0.25) is 0 Å². The first-order valence-electron chi connectivity index (χ1n) is 4.95. The second kappa shape index (κ2) is 3.77. The molecule has 2 rings (SSSR count). The third-order valence-corrected chi connectivity index (χ3v) is 2.54. The van der Waals surface area contributed by atoms with Gasteiger partial charge in [0, 0.05) is 0 Å². The molecule has 0 aliphatic heterocycles. The number of aromatic hydroxyl groups is 1. The van der Waals surface area contributed by atoms with Crippen LogP contribution in [-0.4, -0.2) is 5.11 Å². The lowest BCUT2D eigenvalue weighted by Crippen LogP contribution is -1.84. The van der Waals surface area contributed by atoms with E-state index in [-0.39, 0.29) is 0 Å². The van der Waals surface area contributed by atoms with Crippen molar-refractivity contribution >= 4 is 0 Å². The Kier molecular flexibility index (Phi) is 2.46. The number of phenolic OH excluding ortho intramolecular Hbond substituents is 1. The number of phenols is 1. The number of benzene rings is 2. The molecule has 0 atom stereocenters. The lowest BCUT2D eigenvalue weighted by Gasteiger charge is -2.07. The average Bonchev–Trinajstić information content (AvgIpc) is 2.26. The smallest absolute Gasteiger partial charge is 0.121 e. The van der Waals surface area contributed by atoms with Crippen molar-refractivity contribution in [2.45, 2.75) is 13.8 Å². The molecule has 1 radical (unpaired) electrons. The first kappa shape index (κ1) is 9.78. The van der Waals surface area contributed by atoms with Gasteiger partial charge in [0.1, 0.15) is 5.75 Å². The van der Waals surface area contributed by atoms with E-state index in [0.717, 1.165) is 22.3 Å². The zero-order valence-corrected chi connectivity index (χ0v) is 8.91. The van der Waals surface area contributed by atoms with Gasteiger partial charge in [-0.1, -0.05) is 24.3 Å². The van der Waals surface area contributed by atoms with Crippen molar-refractivity contribution in [3.63, 3.8) is 0 Å². The van der Waals surface area contributed by atoms with Gasteiger partial charge in [-0.2, -0.15) is 0 Å². The molecule has 0 bridgehead atoms. The number of hydrogen-bond acceptors (Lipinski definition) is 1. The van der Waals surface area contributed by atoms with E-state index in [9.17, 15) is 5.11 Å². The van der Waals surface area contributed by atoms with Crippen molar-refractivity contribution in [3.05, 3.63) is 53.6 Å². The zero-order valence-electron chi connectivity index (χ0n) is 8.91. The summed E-state index contributed by atoms with van der Waals surface area (Å²) in [6.45, 7) is 3.84. The van der Waals surface area contributed by atoms with Gasteiger partial charge >= 0.3 is 0 Å². The molecule has 1 N–H and O–H groups in total. The van der Waals surface area contributed by atoms with Gasteiger partial charge in [0.05, 0.1) is 0 Å². The predicted octanol–water partition coefficient (Wildman–Crippen LogP) is 3.48. The molecule has 0 saturated heterocycles. The highest BCUT2D eigenvalue weighted by atomic mass is 16.3. The maximum Gasteiger partial charge on any atom is 0.121 e. The van der Waals surface area contributed by atoms with Crippen molar-refractivity contribution in [3.8, 4) is 16.9 Å². The van der Waals surface area contributed by atoms with Crippen LogP contribution in [0.1, 0.15) is 11.1 Å². The van der Waals surface area contributed by atoms with Crippen LogP contribution in [0.2, 0.25) is 0 Å². The quantitative estimate of drug-likeness (QED) is 0.742. The topological polar surface area (TPSA) is 20.2 Å². The van der Waals surface area contributed by atoms with Crippen LogP contribution in [-0.2, 0) is 0 Å². The van der Waals surface area contributed by atoms with Gasteiger partial charge in [-0.3, -0.25) is 0 Å². The summed E-state index contributed by atoms with van der Waals surface area (Å²) in [4.78, 5) is 0. The van der Waals surface area contributed by atoms with Crippen molar-refractivity contribution in [2.24, 2.45) is 0 Å². The predicted molar refractivity (Wildman–Crippen MR) is 61.9 cm³/mol. The van der Waals surface area contributed by atoms with Gasteiger partial charge in [-0.25, -0.2) is 0 Å². The minimum absolute atomic E-state index is 0.390. The molecule has 15 heavy (non-hydrogen) atoms. The molecule has 1 nitrogen and oxygen atoms in total. The minimum Gasteiger partial charge on any atom is -0.507 e. The fourth-order valence-corrected chi connectivity index (χ4v) is 1.70. The van der Waals surface area contributed by atoms with Crippen LogP contribution in [0, 0.1) is 19.9 Å². The molecule has 0 aliphatic carbocycles. The first-order chi connectivity index (χ1) is 7.18. The summed E-state index contributed by atoms with van der Waals surface area (Å²) in [5.74, 6) is 0.390. The van der Waals surface area contributed by atoms with Gasteiger partial charge in [-0.15, -0.1) is 0 Å². The molecular weight excluding hydrogens is 184 g/mol. The van der Waals surface area contributed by atoms with E-state index in [1.807, 2.05) is 50.2 Å². The summed E-state index contributed by atoms with van der Waals surface area (Å²) in [7, 11) is 0. The largest absolute Gasteiger partial charge is 0.507 e. The molecular formula is C14H13O. The number of hydrogen-bond donors (Lipinski definition) is 1. The molecule has 0 saturated carbocycles. The zero-order chi connectivity index (χ0) is 10.8. The molecule has 75 valence electrons. The SMILES string of the molecule is Cc1cc(-c2cc[c]cc2)cc(C)c1O. The Hall–Kier alpha value is -1.76. The first-order valence-corrected chi connectivity index (χ1v) is 4.95. The second-order valence-electron chi connectivity index (χ2n) is 3.75. The number of aryl methyl sites for hydroxylation is 2. The van der Waals surface area contributed by atoms with Crippen LogP contribution in [0.3, 0.4) is 0 Å². The van der Waals surface area contributed by atoms with Gasteiger partial charge in [-0.05, 0) is 54.3 Å². The Bertz CT molecular complexity index is 449. The molecule has 2 aromatic carbocycles. The standard InChI is InChI=1S/C14H13O/c1-10-8-13(9-11(2)14(10)15)12-6-4-3-5-7-12/h4-9,15H,1-2H3. The lowest BCUT2D eigenvalue weighted by molar-refractivity contribution is 0.467. The van der Waals surface area contributed by atoms with E-state index in [4.69, 9.17) is 0 Å². The van der Waals surface area contributed by atoms with E-state index in [0.29, 0.717) is 5.75 Å². The molecule has 1 heteroatoms. The van der Waals surface area contributed by atoms with E-state index >= 15 is 0 Å². The summed E-state index contributed by atoms with van der Waals surface area (Å²) in [5.41, 5.74) is 4.12. The molecule has 0 fully saturated rings. The lowest BCUT2D eigenvalue weighted by atomic mass is 10.00. The summed E-state index contributed by atoms with van der Waals surface area (Å²) < 4.78 is 0. The Morgan fingerprint density at radius 1 is 0.933 bits per heavy atom. The number of rotatable bonds is 1. The van der Waals surface area contributed by atoms with Crippen LogP contribution < -0.4 is 0 Å². The molecule has 0 aliphatic rings. The van der Waals surface area contributed by atoms with Crippen LogP contribution in [0.4, 0.5) is 0 Å². The van der Waals surface area contributed by atoms with Crippen molar-refractivity contribution in [2.75, 3.05) is 0 Å². The van der Waals surface area contributed by atoms with E-state index < -0.39 is 0 Å². The fraction of sp³-hybridized carbons (Fsp3) is 0.143. The summed E-state index contributed by atoms with van der Waals surface area (Å²) in [6, 6.07) is 14.8. The Balaban J connectivity index is 2.56. The normalized spacial score (nSPS) is 10.3. The van der Waals surface area contributed by atoms with Crippen LogP contribution in [0.25, 0.3) is 11.1 Å². The second-order valence-corrected chi connectivity index (χ2v) is 3.75.